The summed E-state index contributed by atoms with van der Waals surface area (Å²) < 4.78 is 59.7. The average Bonchev–Trinajstić information content (AvgIpc) is 4.02. The molecule has 2 heterocycles. The molecule has 7 atom stereocenters. The monoisotopic (exact) mass is 787 g/mol. The third kappa shape index (κ3) is 9.68. The van der Waals surface area contributed by atoms with Crippen molar-refractivity contribution < 1.29 is 46.2 Å². The second-order valence-electron chi connectivity index (χ2n) is 16.3. The predicted octanol–water partition coefficient (Wildman–Crippen LogP) is 4.76. The van der Waals surface area contributed by atoms with Crippen LogP contribution < -0.4 is 24.8 Å². The van der Waals surface area contributed by atoms with E-state index in [1.54, 1.807) is 33.8 Å². The van der Waals surface area contributed by atoms with Crippen LogP contribution in [-0.4, -0.2) is 90.3 Å². The van der Waals surface area contributed by atoms with Gasteiger partial charge in [-0.15, -0.1) is 6.58 Å². The van der Waals surface area contributed by atoms with Gasteiger partial charge in [0.1, 0.15) is 29.3 Å². The Bertz CT molecular complexity index is 1920. The number of allylic oxidation sites excluding steroid dienone is 1. The first-order chi connectivity index (χ1) is 25.8. The third-order valence-corrected chi connectivity index (χ3v) is 12.4. The SMILES string of the molecule is C=CCC[C@H](C)C[C@@H](C)C(NC(=O)OC(C)(C)C)C(=O)N1C[C@H](Oc2nccc3c(F)c(OC)ccc23)C[C@H]1C(=O)N[C@]1(C(=O)NS(=O)(=O)C2CC2)C[C@H]1C. The zero-order chi connectivity index (χ0) is 40.5. The molecule has 2 aromatic rings. The number of rotatable bonds is 16. The number of nitrogens with one attached hydrogen (secondary N) is 3. The number of fused-ring (bicyclic) bond motifs is 1. The minimum Gasteiger partial charge on any atom is -0.494 e. The van der Waals surface area contributed by atoms with Gasteiger partial charge in [-0.05, 0) is 95.2 Å². The Balaban J connectivity index is 1.46. The molecule has 3 N–H and O–H groups in total. The van der Waals surface area contributed by atoms with E-state index in [1.807, 2.05) is 19.9 Å². The quantitative estimate of drug-likeness (QED) is 0.201. The van der Waals surface area contributed by atoms with Gasteiger partial charge in [0.15, 0.2) is 11.6 Å². The maximum atomic E-state index is 15.2. The number of alkyl carbamates (subject to hydrolysis) is 1. The summed E-state index contributed by atoms with van der Waals surface area (Å²) in [5, 5.41) is 5.45. The first-order valence-electron chi connectivity index (χ1n) is 18.9. The Kier molecular flexibility index (Phi) is 12.4. The number of sulfonamides is 1. The number of halogens is 1. The predicted molar refractivity (Wildman–Crippen MR) is 203 cm³/mol. The number of hydrogen-bond donors (Lipinski definition) is 3. The molecule has 16 heteroatoms. The molecule has 2 aliphatic carbocycles. The zero-order valence-corrected chi connectivity index (χ0v) is 33.5. The molecule has 302 valence electrons. The van der Waals surface area contributed by atoms with Crippen LogP contribution >= 0.6 is 0 Å². The lowest BCUT2D eigenvalue weighted by atomic mass is 9.88. The van der Waals surface area contributed by atoms with Gasteiger partial charge in [-0.25, -0.2) is 22.6 Å². The molecule has 14 nitrogen and oxygen atoms in total. The number of methoxy groups -OCH3 is 1. The molecule has 1 aromatic carbocycles. The standard InChI is InChI=1S/C39H54FN5O9S/c1-9-10-11-22(2)18-23(3)32(42-37(49)54-38(5,6)7)35(47)45-21-25(53-34-28-14-15-30(52-8)31(40)27(28)16-17-41-34)19-29(45)33(46)43-39(20-24(39)4)36(48)44-55(50,51)26-12-13-26/h9,14-17,22-26,29,32H,1,10-13,18-21H2,2-8H3,(H,42,49)(H,43,46)(H,44,48)/t22-,23+,24+,25+,29-,32?,39+/m0/s1. The first-order valence-corrected chi connectivity index (χ1v) is 20.4. The molecular weight excluding hydrogens is 734 g/mol. The van der Waals surface area contributed by atoms with Crippen LogP contribution in [0, 0.1) is 23.6 Å². The molecule has 5 rings (SSSR count). The number of likely N-dealkylation sites (tertiary alicyclic amines) is 1. The summed E-state index contributed by atoms with van der Waals surface area (Å²) in [6.07, 6.45) is 4.75. The zero-order valence-electron chi connectivity index (χ0n) is 32.6. The van der Waals surface area contributed by atoms with Crippen molar-refractivity contribution >= 4 is 44.6 Å². The highest BCUT2D eigenvalue weighted by Crippen LogP contribution is 2.44. The van der Waals surface area contributed by atoms with Gasteiger partial charge in [0.05, 0.1) is 18.9 Å². The molecule has 1 aromatic heterocycles. The molecule has 3 aliphatic rings. The highest BCUT2D eigenvalue weighted by Gasteiger charge is 2.61. The van der Waals surface area contributed by atoms with E-state index in [9.17, 15) is 27.6 Å². The number of carbonyl (C=O) groups is 4. The molecule has 1 unspecified atom stereocenters. The maximum absolute atomic E-state index is 15.2. The Morgan fingerprint density at radius 3 is 2.44 bits per heavy atom. The van der Waals surface area contributed by atoms with E-state index in [-0.39, 0.29) is 48.2 Å². The molecular formula is C39H54FN5O9S. The number of amides is 4. The van der Waals surface area contributed by atoms with Crippen LogP contribution in [0.1, 0.15) is 86.5 Å². The van der Waals surface area contributed by atoms with Gasteiger partial charge in [-0.2, -0.15) is 0 Å². The number of benzene rings is 1. The van der Waals surface area contributed by atoms with E-state index < -0.39 is 80.2 Å². The normalized spacial score (nSPS) is 23.9. The van der Waals surface area contributed by atoms with Crippen LogP contribution in [0.15, 0.2) is 37.1 Å². The highest BCUT2D eigenvalue weighted by atomic mass is 32.2. The second kappa shape index (κ2) is 16.3. The second-order valence-corrected chi connectivity index (χ2v) is 18.3. The van der Waals surface area contributed by atoms with E-state index >= 15 is 4.39 Å². The highest BCUT2D eigenvalue weighted by molar-refractivity contribution is 7.91. The number of pyridine rings is 1. The van der Waals surface area contributed by atoms with Gasteiger partial charge in [0.2, 0.25) is 27.7 Å². The van der Waals surface area contributed by atoms with Gasteiger partial charge in [0, 0.05) is 23.4 Å². The topological polar surface area (TPSA) is 182 Å². The largest absolute Gasteiger partial charge is 0.494 e. The third-order valence-electron chi connectivity index (χ3n) is 10.6. The Hall–Kier alpha value is -4.47. The fourth-order valence-corrected chi connectivity index (χ4v) is 8.63. The van der Waals surface area contributed by atoms with Gasteiger partial charge in [0.25, 0.3) is 5.91 Å². The summed E-state index contributed by atoms with van der Waals surface area (Å²) in [6.45, 7) is 14.4. The van der Waals surface area contributed by atoms with Gasteiger partial charge in [-0.1, -0.05) is 26.8 Å². The van der Waals surface area contributed by atoms with Gasteiger partial charge in [-0.3, -0.25) is 19.1 Å². The summed E-state index contributed by atoms with van der Waals surface area (Å²) in [4.78, 5) is 61.3. The van der Waals surface area contributed by atoms with Gasteiger partial charge >= 0.3 is 6.09 Å². The molecule has 1 aliphatic heterocycles. The molecule has 2 saturated carbocycles. The van der Waals surface area contributed by atoms with E-state index in [0.29, 0.717) is 24.6 Å². The lowest BCUT2D eigenvalue weighted by Crippen LogP contribution is -2.59. The van der Waals surface area contributed by atoms with E-state index in [0.717, 1.165) is 12.8 Å². The van der Waals surface area contributed by atoms with E-state index in [1.165, 1.54) is 30.3 Å². The molecule has 0 bridgehead atoms. The van der Waals surface area contributed by atoms with Crippen LogP contribution in [0.2, 0.25) is 0 Å². The first kappa shape index (κ1) is 41.7. The van der Waals surface area contributed by atoms with Crippen molar-refractivity contribution in [2.24, 2.45) is 17.8 Å². The summed E-state index contributed by atoms with van der Waals surface area (Å²) in [5.41, 5.74) is -2.35. The number of aromatic nitrogens is 1. The van der Waals surface area contributed by atoms with Crippen molar-refractivity contribution in [1.29, 1.82) is 0 Å². The molecule has 3 fully saturated rings. The molecule has 4 amide bonds. The smallest absolute Gasteiger partial charge is 0.408 e. The molecule has 0 radical (unpaired) electrons. The Morgan fingerprint density at radius 2 is 1.84 bits per heavy atom. The van der Waals surface area contributed by atoms with E-state index in [4.69, 9.17) is 14.2 Å². The van der Waals surface area contributed by atoms with Crippen LogP contribution in [0.4, 0.5) is 9.18 Å². The number of ether oxygens (including phenoxy) is 3. The summed E-state index contributed by atoms with van der Waals surface area (Å²) in [6, 6.07) is 2.21. The van der Waals surface area contributed by atoms with Crippen molar-refractivity contribution in [2.75, 3.05) is 13.7 Å². The summed E-state index contributed by atoms with van der Waals surface area (Å²) in [5.74, 6) is -3.21. The van der Waals surface area contributed by atoms with Crippen LogP contribution in [0.25, 0.3) is 10.8 Å². The molecule has 0 spiro atoms. The van der Waals surface area contributed by atoms with Crippen molar-refractivity contribution in [3.63, 3.8) is 0 Å². The summed E-state index contributed by atoms with van der Waals surface area (Å²) in [7, 11) is -2.54. The van der Waals surface area contributed by atoms with Crippen LogP contribution in [0.5, 0.6) is 11.6 Å². The lowest BCUT2D eigenvalue weighted by Gasteiger charge is -2.33. The lowest BCUT2D eigenvalue weighted by molar-refractivity contribution is -0.142. The van der Waals surface area contributed by atoms with E-state index in [2.05, 4.69) is 26.9 Å². The van der Waals surface area contributed by atoms with Crippen molar-refractivity contribution in [2.45, 2.75) is 121 Å². The number of hydrogen-bond acceptors (Lipinski definition) is 10. The Morgan fingerprint density at radius 1 is 1.15 bits per heavy atom. The number of nitrogens with zero attached hydrogens (tertiary/aromatic N) is 2. The van der Waals surface area contributed by atoms with Crippen molar-refractivity contribution in [3.8, 4) is 11.6 Å². The van der Waals surface area contributed by atoms with Crippen LogP contribution in [-0.2, 0) is 29.1 Å². The minimum absolute atomic E-state index is 0.0349. The van der Waals surface area contributed by atoms with Crippen molar-refractivity contribution in [1.82, 2.24) is 25.2 Å². The van der Waals surface area contributed by atoms with Gasteiger partial charge < -0.3 is 29.7 Å². The maximum Gasteiger partial charge on any atom is 0.408 e. The van der Waals surface area contributed by atoms with Crippen molar-refractivity contribution in [3.05, 3.63) is 42.9 Å². The minimum atomic E-state index is -3.90. The fraction of sp³-hybridized carbons (Fsp3) is 0.615. The number of carbonyl (C=O) groups excluding carboxylic acids is 4. The fourth-order valence-electron chi connectivity index (χ4n) is 7.26. The molecule has 55 heavy (non-hydrogen) atoms. The average molecular weight is 788 g/mol. The van der Waals surface area contributed by atoms with Crippen LogP contribution in [0.3, 0.4) is 0 Å². The Labute approximate surface area is 322 Å². The summed E-state index contributed by atoms with van der Waals surface area (Å²) >= 11 is 0. The molecule has 1 saturated heterocycles.